The number of sulfonamides is 1. The SMILES string of the molecule is CC.CS(=O)(=O)N1CC2(CCNCC2)c2ccccc21.NC(=O)C1CCNCC1.O=CCCOCc1ccccc1. The molecular weight excluding hydrogens is 540 g/mol. The maximum Gasteiger partial charge on any atom is 0.232 e. The zero-order chi connectivity index (χ0) is 30.1. The Hall–Kier alpha value is -2.79. The number of rotatable bonds is 7. The smallest absolute Gasteiger partial charge is 0.232 e. The average Bonchev–Trinajstić information content (AvgIpc) is 3.32. The van der Waals surface area contributed by atoms with Crippen LogP contribution in [-0.4, -0.2) is 66.2 Å². The Kier molecular flexibility index (Phi) is 15.0. The first-order valence-electron chi connectivity index (χ1n) is 14.6. The second-order valence-electron chi connectivity index (χ2n) is 10.2. The predicted molar refractivity (Wildman–Crippen MR) is 165 cm³/mol. The predicted octanol–water partition coefficient (Wildman–Crippen LogP) is 3.38. The van der Waals surface area contributed by atoms with Gasteiger partial charge in [0.05, 0.1) is 25.2 Å². The molecule has 2 aromatic carbocycles. The molecule has 0 aliphatic carbocycles. The van der Waals surface area contributed by atoms with Crippen LogP contribution in [0.3, 0.4) is 0 Å². The number of aldehydes is 1. The van der Waals surface area contributed by atoms with Crippen LogP contribution in [0.15, 0.2) is 54.6 Å². The molecule has 9 nitrogen and oxygen atoms in total. The van der Waals surface area contributed by atoms with Gasteiger partial charge in [-0.3, -0.25) is 9.10 Å². The Morgan fingerprint density at radius 1 is 1.00 bits per heavy atom. The van der Waals surface area contributed by atoms with Crippen molar-refractivity contribution in [2.24, 2.45) is 11.7 Å². The minimum atomic E-state index is -3.18. The number of nitrogens with one attached hydrogen (secondary N) is 2. The number of carbonyl (C=O) groups is 2. The topological polar surface area (TPSA) is 131 Å². The van der Waals surface area contributed by atoms with Crippen LogP contribution < -0.4 is 20.7 Å². The van der Waals surface area contributed by atoms with Gasteiger partial charge in [-0.05, 0) is 69.1 Å². The molecule has 1 spiro atoms. The molecule has 2 aromatic rings. The van der Waals surface area contributed by atoms with Crippen LogP contribution in [-0.2, 0) is 36.4 Å². The third-order valence-corrected chi connectivity index (χ3v) is 8.51. The molecule has 0 radical (unpaired) electrons. The summed E-state index contributed by atoms with van der Waals surface area (Å²) in [5.41, 5.74) is 8.34. The van der Waals surface area contributed by atoms with Gasteiger partial charge in [-0.15, -0.1) is 0 Å². The van der Waals surface area contributed by atoms with Crippen LogP contribution in [0.4, 0.5) is 5.69 Å². The van der Waals surface area contributed by atoms with Crippen molar-refractivity contribution in [2.45, 2.75) is 58.0 Å². The van der Waals surface area contributed by atoms with Crippen LogP contribution in [0.25, 0.3) is 0 Å². The lowest BCUT2D eigenvalue weighted by Crippen LogP contribution is -2.44. The zero-order valence-electron chi connectivity index (χ0n) is 24.8. The number of nitrogens with two attached hydrogens (primary N) is 1. The van der Waals surface area contributed by atoms with E-state index in [2.05, 4.69) is 16.7 Å². The van der Waals surface area contributed by atoms with E-state index in [9.17, 15) is 18.0 Å². The van der Waals surface area contributed by atoms with Crippen LogP contribution in [0.1, 0.15) is 57.1 Å². The highest BCUT2D eigenvalue weighted by molar-refractivity contribution is 7.92. The second-order valence-corrected chi connectivity index (χ2v) is 12.1. The number of anilines is 1. The van der Waals surface area contributed by atoms with Gasteiger partial charge < -0.3 is 25.9 Å². The molecular formula is C31H48N4O5S. The normalized spacial score (nSPS) is 17.5. The third kappa shape index (κ3) is 10.8. The lowest BCUT2D eigenvalue weighted by molar-refractivity contribution is -0.122. The Balaban J connectivity index is 0.000000223. The number of hydrogen-bond donors (Lipinski definition) is 3. The summed E-state index contributed by atoms with van der Waals surface area (Å²) in [5.74, 6) is -0.0113. The molecule has 41 heavy (non-hydrogen) atoms. The fourth-order valence-corrected chi connectivity index (χ4v) is 6.21. The van der Waals surface area contributed by atoms with Gasteiger partial charge in [-0.2, -0.15) is 0 Å². The Bertz CT molecular complexity index is 1150. The first-order valence-corrected chi connectivity index (χ1v) is 16.4. The number of benzene rings is 2. The summed E-state index contributed by atoms with van der Waals surface area (Å²) in [6.07, 6.45) is 6.48. The standard InChI is InChI=1S/C13H18N2O2S.C10H12O2.C6H12N2O.C2H6/c1-18(16,17)15-10-13(6-8-14-9-7-13)11-4-2-3-5-12(11)15;11-7-4-8-12-9-10-5-2-1-3-6-10;7-6(9)5-1-3-8-4-2-5;1-2/h2-5,14H,6-10H2,1H3;1-3,5-7H,4,8-9H2;5,8H,1-4H2,(H2,7,9);1-2H3. The van der Waals surface area contributed by atoms with E-state index in [0.29, 0.717) is 26.2 Å². The van der Waals surface area contributed by atoms with Gasteiger partial charge in [0.1, 0.15) is 6.29 Å². The van der Waals surface area contributed by atoms with E-state index in [0.717, 1.165) is 69.4 Å². The van der Waals surface area contributed by atoms with Gasteiger partial charge in [0.25, 0.3) is 0 Å². The monoisotopic (exact) mass is 588 g/mol. The van der Waals surface area contributed by atoms with Gasteiger partial charge in [-0.25, -0.2) is 8.42 Å². The summed E-state index contributed by atoms with van der Waals surface area (Å²) in [7, 11) is -3.18. The Morgan fingerprint density at radius 2 is 1.59 bits per heavy atom. The summed E-state index contributed by atoms with van der Waals surface area (Å²) in [6.45, 7) is 9.51. The van der Waals surface area contributed by atoms with Crippen molar-refractivity contribution in [1.82, 2.24) is 10.6 Å². The van der Waals surface area contributed by atoms with Crippen molar-refractivity contribution in [3.63, 3.8) is 0 Å². The van der Waals surface area contributed by atoms with E-state index in [-0.39, 0.29) is 17.2 Å². The van der Waals surface area contributed by atoms with Crippen molar-refractivity contribution in [1.29, 1.82) is 0 Å². The van der Waals surface area contributed by atoms with Crippen molar-refractivity contribution < 1.29 is 22.7 Å². The number of para-hydroxylation sites is 1. The number of primary amides is 1. The third-order valence-electron chi connectivity index (χ3n) is 7.38. The molecule has 1 amide bonds. The highest BCUT2D eigenvalue weighted by atomic mass is 32.2. The summed E-state index contributed by atoms with van der Waals surface area (Å²) < 4.78 is 30.7. The van der Waals surface area contributed by atoms with Gasteiger partial charge in [0, 0.05) is 24.3 Å². The number of ether oxygens (including phenoxy) is 1. The molecule has 3 aliphatic heterocycles. The molecule has 0 aromatic heterocycles. The van der Waals surface area contributed by atoms with E-state index in [1.54, 1.807) is 4.31 Å². The number of fused-ring (bicyclic) bond motifs is 2. The molecule has 2 fully saturated rings. The second kappa shape index (κ2) is 17.9. The molecule has 0 unspecified atom stereocenters. The van der Waals surface area contributed by atoms with Crippen molar-refractivity contribution >= 4 is 27.9 Å². The number of nitrogens with zero attached hydrogens (tertiary/aromatic N) is 1. The highest BCUT2D eigenvalue weighted by Crippen LogP contribution is 2.46. The molecule has 2 saturated heterocycles. The van der Waals surface area contributed by atoms with E-state index in [1.165, 1.54) is 11.8 Å². The van der Waals surface area contributed by atoms with Crippen LogP contribution >= 0.6 is 0 Å². The zero-order valence-corrected chi connectivity index (χ0v) is 25.6. The van der Waals surface area contributed by atoms with Crippen LogP contribution in [0.2, 0.25) is 0 Å². The van der Waals surface area contributed by atoms with Crippen molar-refractivity contribution in [3.8, 4) is 0 Å². The van der Waals surface area contributed by atoms with Crippen LogP contribution in [0.5, 0.6) is 0 Å². The fourth-order valence-electron chi connectivity index (χ4n) is 5.22. The number of hydrogen-bond acceptors (Lipinski definition) is 7. The minimum Gasteiger partial charge on any atom is -0.376 e. The summed E-state index contributed by atoms with van der Waals surface area (Å²) in [5, 5.41) is 6.51. The number of amides is 1. The fraction of sp³-hybridized carbons (Fsp3) is 0.548. The van der Waals surface area contributed by atoms with E-state index in [1.807, 2.05) is 62.4 Å². The Labute approximate surface area is 246 Å². The molecule has 4 N–H and O–H groups in total. The quantitative estimate of drug-likeness (QED) is 0.334. The van der Waals surface area contributed by atoms with Gasteiger partial charge >= 0.3 is 0 Å². The average molecular weight is 589 g/mol. The molecule has 10 heteroatoms. The molecule has 228 valence electrons. The lowest BCUT2D eigenvalue weighted by Gasteiger charge is -2.34. The minimum absolute atomic E-state index is 0.0188. The lowest BCUT2D eigenvalue weighted by atomic mass is 9.75. The van der Waals surface area contributed by atoms with E-state index < -0.39 is 10.0 Å². The van der Waals surface area contributed by atoms with Gasteiger partial charge in [0.2, 0.25) is 15.9 Å². The first-order chi connectivity index (χ1) is 19.8. The summed E-state index contributed by atoms with van der Waals surface area (Å²) >= 11 is 0. The summed E-state index contributed by atoms with van der Waals surface area (Å²) in [6, 6.07) is 17.8. The van der Waals surface area contributed by atoms with E-state index in [4.69, 9.17) is 10.5 Å². The van der Waals surface area contributed by atoms with E-state index >= 15 is 0 Å². The maximum absolute atomic E-state index is 11.9. The Morgan fingerprint density at radius 3 is 2.15 bits per heavy atom. The van der Waals surface area contributed by atoms with Crippen molar-refractivity contribution in [2.75, 3.05) is 49.9 Å². The number of carbonyl (C=O) groups excluding carboxylic acids is 2. The maximum atomic E-state index is 11.9. The van der Waals surface area contributed by atoms with Crippen molar-refractivity contribution in [3.05, 3.63) is 65.7 Å². The molecule has 3 aliphatic rings. The summed E-state index contributed by atoms with van der Waals surface area (Å²) in [4.78, 5) is 20.5. The molecule has 0 atom stereocenters. The molecule has 5 rings (SSSR count). The van der Waals surface area contributed by atoms with Gasteiger partial charge in [-0.1, -0.05) is 62.4 Å². The molecule has 0 bridgehead atoms. The molecule has 0 saturated carbocycles. The largest absolute Gasteiger partial charge is 0.376 e. The number of piperidine rings is 2. The van der Waals surface area contributed by atoms with Gasteiger partial charge in [0.15, 0.2) is 0 Å². The molecule has 3 heterocycles. The highest BCUT2D eigenvalue weighted by Gasteiger charge is 2.45. The first kappa shape index (κ1) is 34.4. The van der Waals surface area contributed by atoms with Crippen LogP contribution in [0, 0.1) is 5.92 Å².